The van der Waals surface area contributed by atoms with E-state index in [4.69, 9.17) is 24.0 Å². The third kappa shape index (κ3) is 5.13. The third-order valence-electron chi connectivity index (χ3n) is 9.30. The fourth-order valence-corrected chi connectivity index (χ4v) is 6.63. The minimum Gasteiger partial charge on any atom is -0.387 e. The van der Waals surface area contributed by atoms with Gasteiger partial charge in [0.15, 0.2) is 23.1 Å². The number of benzene rings is 6. The van der Waals surface area contributed by atoms with E-state index in [9.17, 15) is 0 Å². The first-order valence-corrected chi connectivity index (χ1v) is 16.8. The van der Waals surface area contributed by atoms with Crippen LogP contribution in [0.2, 0.25) is 0 Å². The molecule has 10 rings (SSSR count). The number of hydrogen-bond acceptors (Lipinski definition) is 5. The molecule has 0 amide bonds. The van der Waals surface area contributed by atoms with Crippen LogP contribution in [0.1, 0.15) is 5.56 Å². The molecular weight excluding hydrogens is 629 g/mol. The van der Waals surface area contributed by atoms with Crippen LogP contribution < -0.4 is 15.4 Å². The van der Waals surface area contributed by atoms with Gasteiger partial charge in [-0.25, -0.2) is 15.0 Å². The molecule has 0 saturated carbocycles. The second-order valence-electron chi connectivity index (χ2n) is 12.5. The molecule has 238 valence electrons. The van der Waals surface area contributed by atoms with Crippen molar-refractivity contribution < 1.29 is 4.42 Å². The monoisotopic (exact) mass is 655 g/mol. The Morgan fingerprint density at radius 3 is 1.65 bits per heavy atom. The first-order valence-electron chi connectivity index (χ1n) is 16.8. The summed E-state index contributed by atoms with van der Waals surface area (Å²) in [7, 11) is 0. The highest BCUT2D eigenvalue weighted by molar-refractivity contribution is 6.22. The number of rotatable bonds is 6. The molecule has 3 aromatic heterocycles. The molecule has 9 aromatic rings. The lowest BCUT2D eigenvalue weighted by Gasteiger charge is -2.09. The largest absolute Gasteiger partial charge is 0.503 e. The Morgan fingerprint density at radius 1 is 0.471 bits per heavy atom. The highest BCUT2D eigenvalue weighted by Crippen LogP contribution is 2.30. The lowest BCUT2D eigenvalue weighted by atomic mass is 10.0. The molecule has 0 atom stereocenters. The topological polar surface area (TPSA) is 94.6 Å². The summed E-state index contributed by atoms with van der Waals surface area (Å²) < 4.78 is 11.1. The van der Waals surface area contributed by atoms with Gasteiger partial charge in [-0.3, -0.25) is 5.10 Å². The van der Waals surface area contributed by atoms with E-state index in [1.807, 2.05) is 84.9 Å². The summed E-state index contributed by atoms with van der Waals surface area (Å²) in [6.07, 6.45) is 2.06. The fraction of sp³-hybridized carbons (Fsp3) is 0. The summed E-state index contributed by atoms with van der Waals surface area (Å²) in [6.45, 7) is 0. The number of nitrogens with zero attached hydrogens (tertiary/aromatic N) is 5. The Labute approximate surface area is 291 Å². The summed E-state index contributed by atoms with van der Waals surface area (Å²) in [5.74, 6) is 1.82. The second kappa shape index (κ2) is 11.7. The molecule has 4 heterocycles. The second-order valence-corrected chi connectivity index (χ2v) is 12.5. The van der Waals surface area contributed by atoms with Crippen molar-refractivity contribution in [3.05, 3.63) is 168 Å². The number of nitrogens with one attached hydrogen (secondary N) is 1. The Hall–Kier alpha value is -7.21. The van der Waals surface area contributed by atoms with Crippen LogP contribution in [0.3, 0.4) is 0 Å². The summed E-state index contributed by atoms with van der Waals surface area (Å²) >= 11 is 0. The Balaban J connectivity index is 0.999. The molecule has 1 aliphatic rings. The quantitative estimate of drug-likeness (QED) is 0.185. The van der Waals surface area contributed by atoms with Gasteiger partial charge in [0.05, 0.1) is 11.6 Å². The van der Waals surface area contributed by atoms with Crippen LogP contribution in [0.5, 0.6) is 0 Å². The molecule has 1 N–H and O–H groups in total. The van der Waals surface area contributed by atoms with E-state index in [0.717, 1.165) is 61.1 Å². The SMILES string of the molecule is C1=c2c(oc3c(-c4ccc(-c5nc(-c6ccccc6)nc(-c6ccc(-c7ccccc7)cc6)n5)cc4)n[nH]c23)=[N+]=C1c1ccc2ccccc2c1. The average Bonchev–Trinajstić information content (AvgIpc) is 3.91. The lowest BCUT2D eigenvalue weighted by Crippen LogP contribution is -2.19. The van der Waals surface area contributed by atoms with E-state index >= 15 is 0 Å². The lowest BCUT2D eigenvalue weighted by molar-refractivity contribution is 0.553. The van der Waals surface area contributed by atoms with Crippen LogP contribution >= 0.6 is 0 Å². The fourth-order valence-electron chi connectivity index (χ4n) is 6.63. The Morgan fingerprint density at radius 2 is 0.980 bits per heavy atom. The average molecular weight is 656 g/mol. The summed E-state index contributed by atoms with van der Waals surface area (Å²) in [4.78, 5) is 14.7. The highest BCUT2D eigenvalue weighted by atomic mass is 16.3. The molecule has 0 bridgehead atoms. The van der Waals surface area contributed by atoms with E-state index in [0.29, 0.717) is 28.6 Å². The van der Waals surface area contributed by atoms with Crippen LogP contribution in [0, 0.1) is 0 Å². The van der Waals surface area contributed by atoms with E-state index in [1.165, 1.54) is 10.8 Å². The normalized spacial score (nSPS) is 12.0. The number of H-pyrrole nitrogens is 1. The molecule has 7 nitrogen and oxygen atoms in total. The van der Waals surface area contributed by atoms with E-state index < -0.39 is 0 Å². The van der Waals surface area contributed by atoms with E-state index in [-0.39, 0.29) is 0 Å². The molecule has 6 aromatic carbocycles. The van der Waals surface area contributed by atoms with Crippen molar-refractivity contribution in [2.24, 2.45) is 0 Å². The molecule has 7 heteroatoms. The number of aromatic nitrogens is 5. The maximum Gasteiger partial charge on any atom is 0.503 e. The van der Waals surface area contributed by atoms with Gasteiger partial charge in [0.2, 0.25) is 0 Å². The van der Waals surface area contributed by atoms with Crippen LogP contribution in [0.15, 0.2) is 156 Å². The number of aromatic amines is 1. The smallest absolute Gasteiger partial charge is 0.387 e. The van der Waals surface area contributed by atoms with Crippen molar-refractivity contribution in [1.29, 1.82) is 0 Å². The van der Waals surface area contributed by atoms with Crippen molar-refractivity contribution in [2.75, 3.05) is 0 Å². The maximum absolute atomic E-state index is 6.31. The zero-order chi connectivity index (χ0) is 33.7. The minimum absolute atomic E-state index is 0.586. The predicted octanol–water partition coefficient (Wildman–Crippen LogP) is 7.80. The van der Waals surface area contributed by atoms with Gasteiger partial charge in [-0.2, -0.15) is 5.10 Å². The summed E-state index contributed by atoms with van der Waals surface area (Å²) in [5.41, 5.74) is 10.6. The summed E-state index contributed by atoms with van der Waals surface area (Å²) in [6, 6.07) is 51.4. The van der Waals surface area contributed by atoms with Crippen LogP contribution in [0.25, 0.3) is 84.5 Å². The number of furan rings is 1. The Bertz CT molecular complexity index is 2920. The minimum atomic E-state index is 0.586. The van der Waals surface area contributed by atoms with Gasteiger partial charge in [-0.15, -0.1) is 0 Å². The van der Waals surface area contributed by atoms with Crippen molar-refractivity contribution in [3.63, 3.8) is 0 Å². The van der Waals surface area contributed by atoms with Gasteiger partial charge in [-0.05, 0) is 38.7 Å². The standard InChI is InChI=1S/C44H26N6O/c1-3-9-27(10-4-1)29-15-20-32(21-16-29)42-46-41(31-12-5-2-6-13-31)47-43(48-42)33-22-18-30(19-23-33)38-40-39(50-49-38)36-26-37(45-44(36)51-40)35-24-17-28-11-7-8-14-34(28)25-35/h1-26H/p+1. The zero-order valence-corrected chi connectivity index (χ0v) is 27.2. The van der Waals surface area contributed by atoms with Gasteiger partial charge in [0.25, 0.3) is 0 Å². The van der Waals surface area contributed by atoms with E-state index in [2.05, 4.69) is 83.0 Å². The number of hydrogen-bond donors (Lipinski definition) is 1. The molecular formula is C44H27N6O+. The summed E-state index contributed by atoms with van der Waals surface area (Å²) in [5, 5.41) is 11.1. The van der Waals surface area contributed by atoms with Crippen molar-refractivity contribution in [3.8, 4) is 56.5 Å². The van der Waals surface area contributed by atoms with Crippen LogP contribution in [-0.2, 0) is 0 Å². The maximum atomic E-state index is 6.31. The molecule has 0 saturated heterocycles. The van der Waals surface area contributed by atoms with Crippen molar-refractivity contribution in [2.45, 2.75) is 0 Å². The molecule has 0 unspecified atom stereocenters. The van der Waals surface area contributed by atoms with Crippen molar-refractivity contribution >= 4 is 33.7 Å². The molecule has 0 aliphatic carbocycles. The molecule has 0 fully saturated rings. The first kappa shape index (κ1) is 28.8. The molecule has 0 spiro atoms. The first-order chi connectivity index (χ1) is 25.2. The molecule has 1 aliphatic heterocycles. The molecule has 51 heavy (non-hydrogen) atoms. The van der Waals surface area contributed by atoms with E-state index in [1.54, 1.807) is 0 Å². The van der Waals surface area contributed by atoms with Gasteiger partial charge in [0.1, 0.15) is 16.4 Å². The van der Waals surface area contributed by atoms with Crippen molar-refractivity contribution in [1.82, 2.24) is 29.8 Å². The van der Waals surface area contributed by atoms with Gasteiger partial charge >= 0.3 is 11.3 Å². The van der Waals surface area contributed by atoms with Gasteiger partial charge in [-0.1, -0.05) is 140 Å². The predicted molar refractivity (Wildman–Crippen MR) is 202 cm³/mol. The van der Waals surface area contributed by atoms with Crippen LogP contribution in [0.4, 0.5) is 0 Å². The van der Waals surface area contributed by atoms with Crippen LogP contribution in [-0.4, -0.2) is 30.9 Å². The zero-order valence-electron chi connectivity index (χ0n) is 27.2. The third-order valence-corrected chi connectivity index (χ3v) is 9.30. The van der Waals surface area contributed by atoms with Gasteiger partial charge in [0, 0.05) is 22.3 Å². The number of fused-ring (bicyclic) bond motifs is 4. The molecule has 0 radical (unpaired) electrons. The van der Waals surface area contributed by atoms with Gasteiger partial charge < -0.3 is 4.42 Å². The highest BCUT2D eigenvalue weighted by Gasteiger charge is 2.26. The Kier molecular flexibility index (Phi) is 6.62.